The van der Waals surface area contributed by atoms with Crippen LogP contribution in [0.5, 0.6) is 0 Å². The second-order valence-corrected chi connectivity index (χ2v) is 10.7. The van der Waals surface area contributed by atoms with Crippen molar-refractivity contribution in [2.45, 2.75) is 31.8 Å². The molecule has 1 amide bonds. The van der Waals surface area contributed by atoms with Gasteiger partial charge >= 0.3 is 0 Å². The molecule has 10 nitrogen and oxygen atoms in total. The van der Waals surface area contributed by atoms with Gasteiger partial charge in [0, 0.05) is 49.5 Å². The summed E-state index contributed by atoms with van der Waals surface area (Å²) in [5.74, 6) is 0.748. The lowest BCUT2D eigenvalue weighted by Crippen LogP contribution is -2.38. The number of nitrogens with zero attached hydrogens (tertiary/aromatic N) is 7. The molecule has 208 valence electrons. The molecule has 3 aromatic heterocycles. The summed E-state index contributed by atoms with van der Waals surface area (Å²) in [6.07, 6.45) is 4.36. The quantitative estimate of drug-likeness (QED) is 0.321. The maximum absolute atomic E-state index is 12.5. The number of amides is 1. The molecular weight excluding hydrogens is 526 g/mol. The molecule has 1 fully saturated rings. The lowest BCUT2D eigenvalue weighted by molar-refractivity contribution is 0.0939. The SMILES string of the molecule is N#Cc1nccc(NC2CCN(Cc3ccc(-c4nc5cc6c(nn5c4-c4ccccc4)C(=O)NCC6)cc3)CC2)n1. The summed E-state index contributed by atoms with van der Waals surface area (Å²) in [5.41, 5.74) is 7.11. The van der Waals surface area contributed by atoms with Crippen molar-refractivity contribution in [3.63, 3.8) is 0 Å². The van der Waals surface area contributed by atoms with Gasteiger partial charge in [0.1, 0.15) is 17.6 Å². The van der Waals surface area contributed by atoms with Gasteiger partial charge in [-0.25, -0.2) is 19.5 Å². The number of fused-ring (bicyclic) bond motifs is 2. The Bertz CT molecular complexity index is 1800. The molecule has 0 radical (unpaired) electrons. The highest BCUT2D eigenvalue weighted by Gasteiger charge is 2.24. The standard InChI is InChI=1S/C32H29N9O/c33-19-27-34-15-11-26(37-27)36-25-12-16-40(17-13-25)20-21-6-8-22(9-7-21)29-31(23-4-2-1-3-5-23)41-28(38-29)18-24-10-14-35-32(42)30(24)39-41/h1-9,11,15,18,25H,10,12-14,16-17,20H2,(H,35,42)(H,34,36,37). The van der Waals surface area contributed by atoms with E-state index in [9.17, 15) is 4.79 Å². The predicted molar refractivity (Wildman–Crippen MR) is 159 cm³/mol. The highest BCUT2D eigenvalue weighted by Crippen LogP contribution is 2.33. The zero-order chi connectivity index (χ0) is 28.5. The predicted octanol–water partition coefficient (Wildman–Crippen LogP) is 4.09. The van der Waals surface area contributed by atoms with Crippen LogP contribution in [0.3, 0.4) is 0 Å². The molecule has 0 atom stereocenters. The number of hydrogen-bond acceptors (Lipinski definition) is 8. The van der Waals surface area contributed by atoms with Gasteiger partial charge in [0.05, 0.1) is 5.69 Å². The Kier molecular flexibility index (Phi) is 6.78. The molecule has 42 heavy (non-hydrogen) atoms. The van der Waals surface area contributed by atoms with Crippen LogP contribution >= 0.6 is 0 Å². The van der Waals surface area contributed by atoms with Crippen molar-refractivity contribution in [1.82, 2.24) is 34.8 Å². The molecule has 10 heteroatoms. The smallest absolute Gasteiger partial charge is 0.272 e. The molecule has 2 aliphatic heterocycles. The first-order valence-corrected chi connectivity index (χ1v) is 14.2. The molecule has 0 aliphatic carbocycles. The topological polar surface area (TPSA) is 124 Å². The van der Waals surface area contributed by atoms with Gasteiger partial charge in [-0.15, -0.1) is 0 Å². The minimum Gasteiger partial charge on any atom is -0.367 e. The van der Waals surface area contributed by atoms with Crippen molar-refractivity contribution >= 4 is 17.4 Å². The van der Waals surface area contributed by atoms with Crippen LogP contribution in [0.2, 0.25) is 0 Å². The van der Waals surface area contributed by atoms with Crippen molar-refractivity contribution < 1.29 is 4.79 Å². The zero-order valence-electron chi connectivity index (χ0n) is 23.0. The normalized spacial score (nSPS) is 15.6. The van der Waals surface area contributed by atoms with Gasteiger partial charge in [-0.3, -0.25) is 9.69 Å². The van der Waals surface area contributed by atoms with E-state index in [4.69, 9.17) is 15.3 Å². The van der Waals surface area contributed by atoms with Crippen LogP contribution in [0.25, 0.3) is 28.2 Å². The van der Waals surface area contributed by atoms with Gasteiger partial charge in [-0.1, -0.05) is 54.6 Å². The molecule has 2 N–H and O–H groups in total. The number of carbonyl (C=O) groups excluding carboxylic acids is 1. The van der Waals surface area contributed by atoms with E-state index in [1.54, 1.807) is 6.20 Å². The Hall–Kier alpha value is -5.14. The van der Waals surface area contributed by atoms with E-state index in [0.717, 1.165) is 72.6 Å². The molecule has 0 unspecified atom stereocenters. The number of benzene rings is 2. The first-order valence-electron chi connectivity index (χ1n) is 14.2. The number of hydrogen-bond donors (Lipinski definition) is 2. The molecule has 0 bridgehead atoms. The monoisotopic (exact) mass is 555 g/mol. The van der Waals surface area contributed by atoms with E-state index in [1.165, 1.54) is 5.56 Å². The number of anilines is 1. The third-order valence-corrected chi connectivity index (χ3v) is 7.96. The minimum absolute atomic E-state index is 0.140. The van der Waals surface area contributed by atoms with E-state index in [1.807, 2.05) is 53.0 Å². The van der Waals surface area contributed by atoms with Crippen molar-refractivity contribution in [2.24, 2.45) is 0 Å². The first-order chi connectivity index (χ1) is 20.6. The molecule has 1 saturated heterocycles. The van der Waals surface area contributed by atoms with Gasteiger partial charge in [0.25, 0.3) is 5.91 Å². The summed E-state index contributed by atoms with van der Waals surface area (Å²) in [6, 6.07) is 24.8. The third kappa shape index (κ3) is 5.06. The van der Waals surface area contributed by atoms with Gasteiger partial charge < -0.3 is 10.6 Å². The van der Waals surface area contributed by atoms with Gasteiger partial charge in [0.2, 0.25) is 5.82 Å². The largest absolute Gasteiger partial charge is 0.367 e. The molecule has 5 heterocycles. The summed E-state index contributed by atoms with van der Waals surface area (Å²) < 4.78 is 1.81. The van der Waals surface area contributed by atoms with Crippen molar-refractivity contribution in [3.8, 4) is 28.6 Å². The van der Waals surface area contributed by atoms with Gasteiger partial charge in [-0.05, 0) is 42.5 Å². The summed E-state index contributed by atoms with van der Waals surface area (Å²) in [4.78, 5) is 28.2. The molecule has 2 aliphatic rings. The Morgan fingerprint density at radius 2 is 1.79 bits per heavy atom. The highest BCUT2D eigenvalue weighted by molar-refractivity contribution is 5.95. The fourth-order valence-corrected chi connectivity index (χ4v) is 5.81. The van der Waals surface area contributed by atoms with Crippen LogP contribution in [0.15, 0.2) is 72.9 Å². The average Bonchev–Trinajstić information content (AvgIpc) is 3.40. The number of rotatable bonds is 6. The van der Waals surface area contributed by atoms with Crippen LogP contribution in [0.1, 0.15) is 40.3 Å². The van der Waals surface area contributed by atoms with E-state index in [-0.39, 0.29) is 11.7 Å². The second-order valence-electron chi connectivity index (χ2n) is 10.7. The fraction of sp³-hybridized carbons (Fsp3) is 0.250. The van der Waals surface area contributed by atoms with E-state index >= 15 is 0 Å². The van der Waals surface area contributed by atoms with Crippen molar-refractivity contribution in [1.29, 1.82) is 5.26 Å². The summed E-state index contributed by atoms with van der Waals surface area (Å²) in [5, 5.41) is 20.2. The number of likely N-dealkylation sites (tertiary alicyclic amines) is 1. The highest BCUT2D eigenvalue weighted by atomic mass is 16.2. The molecular formula is C32H29N9O. The average molecular weight is 556 g/mol. The summed E-state index contributed by atoms with van der Waals surface area (Å²) >= 11 is 0. The molecule has 5 aromatic rings. The van der Waals surface area contributed by atoms with Gasteiger partial charge in [-0.2, -0.15) is 10.4 Å². The third-order valence-electron chi connectivity index (χ3n) is 7.96. The van der Waals surface area contributed by atoms with E-state index < -0.39 is 0 Å². The van der Waals surface area contributed by atoms with Crippen LogP contribution in [-0.4, -0.2) is 61.0 Å². The van der Waals surface area contributed by atoms with Crippen molar-refractivity contribution in [2.75, 3.05) is 25.0 Å². The van der Waals surface area contributed by atoms with E-state index in [2.05, 4.69) is 49.8 Å². The molecule has 7 rings (SSSR count). The summed E-state index contributed by atoms with van der Waals surface area (Å²) in [7, 11) is 0. The number of carbonyl (C=O) groups is 1. The Morgan fingerprint density at radius 3 is 2.57 bits per heavy atom. The zero-order valence-corrected chi connectivity index (χ0v) is 23.0. The molecule has 0 saturated carbocycles. The van der Waals surface area contributed by atoms with Crippen LogP contribution in [-0.2, 0) is 13.0 Å². The second kappa shape index (κ2) is 11.0. The Labute approximate surface area is 243 Å². The molecule has 2 aromatic carbocycles. The fourth-order valence-electron chi connectivity index (χ4n) is 5.81. The van der Waals surface area contributed by atoms with Crippen molar-refractivity contribution in [3.05, 3.63) is 95.6 Å². The minimum atomic E-state index is -0.140. The number of imidazole rings is 1. The summed E-state index contributed by atoms with van der Waals surface area (Å²) in [6.45, 7) is 3.44. The maximum Gasteiger partial charge on any atom is 0.272 e. The number of piperidine rings is 1. The Morgan fingerprint density at radius 1 is 0.976 bits per heavy atom. The van der Waals surface area contributed by atoms with Crippen LogP contribution in [0, 0.1) is 11.3 Å². The number of nitriles is 1. The lowest BCUT2D eigenvalue weighted by Gasteiger charge is -2.32. The maximum atomic E-state index is 12.5. The Balaban J connectivity index is 1.10. The van der Waals surface area contributed by atoms with Crippen LogP contribution in [0.4, 0.5) is 5.82 Å². The van der Waals surface area contributed by atoms with Gasteiger partial charge in [0.15, 0.2) is 11.3 Å². The number of nitrogens with one attached hydrogen (secondary N) is 2. The lowest BCUT2D eigenvalue weighted by atomic mass is 10.0. The van der Waals surface area contributed by atoms with Crippen LogP contribution < -0.4 is 10.6 Å². The first kappa shape index (κ1) is 25.8. The number of aromatic nitrogens is 5. The van der Waals surface area contributed by atoms with E-state index in [0.29, 0.717) is 24.1 Å². The molecule has 0 spiro atoms.